The molecule has 5 heteroatoms. The monoisotopic (exact) mass is 360 g/mol. The van der Waals surface area contributed by atoms with E-state index < -0.39 is 11.6 Å². The maximum atomic E-state index is 16.4. The Labute approximate surface area is 156 Å². The molecule has 0 radical (unpaired) electrons. The summed E-state index contributed by atoms with van der Waals surface area (Å²) in [5.74, 6) is -0.149. The maximum absolute atomic E-state index is 16.4. The molecular weight excluding hydrogens is 343 g/mol. The summed E-state index contributed by atoms with van der Waals surface area (Å²) in [6.07, 6.45) is 0. The summed E-state index contributed by atoms with van der Waals surface area (Å²) in [6, 6.07) is 24.2. The van der Waals surface area contributed by atoms with E-state index in [0.29, 0.717) is 17.0 Å². The standard InChI is InChI=1S/C22H17FN2O2/c1-27-19-14-12-17(13-15-19)22(23)20(16-8-4-2-5-9-16)24-25(21(22)26)18-10-6-3-7-11-18/h2-15H,1H3. The van der Waals surface area contributed by atoms with Crippen LogP contribution < -0.4 is 9.75 Å². The highest BCUT2D eigenvalue weighted by molar-refractivity contribution is 6.27. The molecule has 3 aromatic carbocycles. The number of rotatable bonds is 4. The maximum Gasteiger partial charge on any atom is 0.296 e. The molecule has 0 bridgehead atoms. The number of ether oxygens (including phenoxy) is 1. The minimum atomic E-state index is -2.39. The van der Waals surface area contributed by atoms with Gasteiger partial charge in [0, 0.05) is 11.1 Å². The summed E-state index contributed by atoms with van der Waals surface area (Å²) in [5, 5.41) is 5.51. The second kappa shape index (κ2) is 6.68. The first-order valence-electron chi connectivity index (χ1n) is 8.52. The molecule has 0 saturated heterocycles. The summed E-state index contributed by atoms with van der Waals surface area (Å²) in [6.45, 7) is 0. The topological polar surface area (TPSA) is 41.9 Å². The first-order valence-corrected chi connectivity index (χ1v) is 8.52. The smallest absolute Gasteiger partial charge is 0.296 e. The number of alkyl halides is 1. The van der Waals surface area contributed by atoms with Gasteiger partial charge in [0.05, 0.1) is 12.8 Å². The van der Waals surface area contributed by atoms with Crippen molar-refractivity contribution in [3.05, 3.63) is 96.1 Å². The van der Waals surface area contributed by atoms with E-state index in [9.17, 15) is 4.79 Å². The van der Waals surface area contributed by atoms with Gasteiger partial charge in [-0.2, -0.15) is 10.1 Å². The Hall–Kier alpha value is -3.47. The number of methoxy groups -OCH3 is 1. The Morgan fingerprint density at radius 3 is 2.07 bits per heavy atom. The number of carbonyl (C=O) groups is 1. The molecule has 4 nitrogen and oxygen atoms in total. The van der Waals surface area contributed by atoms with E-state index in [1.807, 2.05) is 12.1 Å². The minimum absolute atomic E-state index is 0.0714. The summed E-state index contributed by atoms with van der Waals surface area (Å²) in [4.78, 5) is 13.2. The van der Waals surface area contributed by atoms with Crippen molar-refractivity contribution in [1.82, 2.24) is 0 Å². The Kier molecular flexibility index (Phi) is 4.20. The number of hydrogen-bond acceptors (Lipinski definition) is 3. The minimum Gasteiger partial charge on any atom is -0.497 e. The average Bonchev–Trinajstić information content (AvgIpc) is 3.01. The predicted octanol–water partition coefficient (Wildman–Crippen LogP) is 4.31. The van der Waals surface area contributed by atoms with Crippen LogP contribution in [0.15, 0.2) is 90.0 Å². The van der Waals surface area contributed by atoms with E-state index in [-0.39, 0.29) is 11.3 Å². The van der Waals surface area contributed by atoms with Gasteiger partial charge in [0.15, 0.2) is 0 Å². The number of anilines is 1. The van der Waals surface area contributed by atoms with Gasteiger partial charge in [0.1, 0.15) is 11.5 Å². The highest BCUT2D eigenvalue weighted by Gasteiger charge is 2.54. The fraction of sp³-hybridized carbons (Fsp3) is 0.0909. The van der Waals surface area contributed by atoms with Crippen molar-refractivity contribution < 1.29 is 13.9 Å². The highest BCUT2D eigenvalue weighted by Crippen LogP contribution is 2.40. The Morgan fingerprint density at radius 2 is 1.48 bits per heavy atom. The van der Waals surface area contributed by atoms with Gasteiger partial charge in [0.25, 0.3) is 11.6 Å². The van der Waals surface area contributed by atoms with E-state index >= 15 is 4.39 Å². The second-order valence-corrected chi connectivity index (χ2v) is 6.15. The van der Waals surface area contributed by atoms with Crippen molar-refractivity contribution in [3.63, 3.8) is 0 Å². The zero-order chi connectivity index (χ0) is 18.9. The van der Waals surface area contributed by atoms with Crippen LogP contribution in [-0.2, 0) is 10.5 Å². The summed E-state index contributed by atoms with van der Waals surface area (Å²) in [5.41, 5.74) is -1.02. The SMILES string of the molecule is COc1ccc(C2(F)C(=O)N(c3ccccc3)N=C2c2ccccc2)cc1. The first kappa shape index (κ1) is 17.0. The number of para-hydroxylation sites is 1. The first-order chi connectivity index (χ1) is 13.1. The fourth-order valence-corrected chi connectivity index (χ4v) is 3.14. The third-order valence-corrected chi connectivity index (χ3v) is 4.55. The van der Waals surface area contributed by atoms with Gasteiger partial charge in [-0.3, -0.25) is 4.79 Å². The summed E-state index contributed by atoms with van der Waals surface area (Å²) < 4.78 is 21.5. The molecule has 134 valence electrons. The molecule has 1 atom stereocenters. The van der Waals surface area contributed by atoms with Crippen molar-refractivity contribution in [3.8, 4) is 5.75 Å². The number of halogens is 1. The predicted molar refractivity (Wildman–Crippen MR) is 103 cm³/mol. The van der Waals surface area contributed by atoms with Gasteiger partial charge in [-0.15, -0.1) is 0 Å². The number of benzene rings is 3. The van der Waals surface area contributed by atoms with E-state index in [1.54, 1.807) is 72.8 Å². The number of nitrogens with zero attached hydrogens (tertiary/aromatic N) is 2. The van der Waals surface area contributed by atoms with E-state index in [2.05, 4.69) is 5.10 Å². The van der Waals surface area contributed by atoms with Crippen LogP contribution in [0, 0.1) is 0 Å². The molecule has 3 aromatic rings. The summed E-state index contributed by atoms with van der Waals surface area (Å²) >= 11 is 0. The molecule has 1 amide bonds. The van der Waals surface area contributed by atoms with E-state index in [0.717, 1.165) is 5.01 Å². The Bertz CT molecular complexity index is 988. The van der Waals surface area contributed by atoms with Gasteiger partial charge >= 0.3 is 0 Å². The molecule has 0 aromatic heterocycles. The van der Waals surface area contributed by atoms with Crippen LogP contribution in [0.25, 0.3) is 0 Å². The van der Waals surface area contributed by atoms with E-state index in [1.165, 1.54) is 7.11 Å². The largest absolute Gasteiger partial charge is 0.497 e. The number of hydrogen-bond donors (Lipinski definition) is 0. The zero-order valence-electron chi connectivity index (χ0n) is 14.7. The van der Waals surface area contributed by atoms with Crippen molar-refractivity contribution >= 4 is 17.3 Å². The lowest BCUT2D eigenvalue weighted by atomic mass is 9.87. The Balaban J connectivity index is 1.87. The fourth-order valence-electron chi connectivity index (χ4n) is 3.14. The summed E-state index contributed by atoms with van der Waals surface area (Å²) in [7, 11) is 1.54. The van der Waals surface area contributed by atoms with Crippen molar-refractivity contribution in [2.45, 2.75) is 5.67 Å². The molecule has 0 spiro atoms. The molecule has 1 aliphatic rings. The molecule has 1 heterocycles. The van der Waals surface area contributed by atoms with E-state index in [4.69, 9.17) is 4.74 Å². The molecule has 0 N–H and O–H groups in total. The second-order valence-electron chi connectivity index (χ2n) is 6.15. The van der Waals surface area contributed by atoms with Crippen molar-refractivity contribution in [2.24, 2.45) is 5.10 Å². The average molecular weight is 360 g/mol. The van der Waals surface area contributed by atoms with Gasteiger partial charge in [-0.1, -0.05) is 60.7 Å². The van der Waals surface area contributed by atoms with Gasteiger partial charge < -0.3 is 4.74 Å². The van der Waals surface area contributed by atoms with Crippen LogP contribution in [0.3, 0.4) is 0 Å². The normalized spacial score (nSPS) is 19.1. The van der Waals surface area contributed by atoms with Crippen LogP contribution in [0.1, 0.15) is 11.1 Å². The quantitative estimate of drug-likeness (QED) is 0.696. The third-order valence-electron chi connectivity index (χ3n) is 4.55. The van der Waals surface area contributed by atoms with Gasteiger partial charge in [-0.05, 0) is 24.3 Å². The molecule has 4 rings (SSSR count). The molecule has 0 fully saturated rings. The van der Waals surface area contributed by atoms with Crippen molar-refractivity contribution in [1.29, 1.82) is 0 Å². The molecule has 1 unspecified atom stereocenters. The Morgan fingerprint density at radius 1 is 0.889 bits per heavy atom. The van der Waals surface area contributed by atoms with Gasteiger partial charge in [-0.25, -0.2) is 4.39 Å². The van der Waals surface area contributed by atoms with Crippen LogP contribution in [0.2, 0.25) is 0 Å². The highest BCUT2D eigenvalue weighted by atomic mass is 19.1. The lowest BCUT2D eigenvalue weighted by molar-refractivity contribution is -0.125. The van der Waals surface area contributed by atoms with Crippen LogP contribution in [0.5, 0.6) is 5.75 Å². The van der Waals surface area contributed by atoms with Gasteiger partial charge in [0.2, 0.25) is 0 Å². The van der Waals surface area contributed by atoms with Crippen LogP contribution in [-0.4, -0.2) is 18.7 Å². The third kappa shape index (κ3) is 2.77. The van der Waals surface area contributed by atoms with Crippen LogP contribution in [0.4, 0.5) is 10.1 Å². The number of carbonyl (C=O) groups excluding carboxylic acids is 1. The number of amides is 1. The van der Waals surface area contributed by atoms with Crippen molar-refractivity contribution in [2.75, 3.05) is 12.1 Å². The zero-order valence-corrected chi connectivity index (χ0v) is 14.7. The lowest BCUT2D eigenvalue weighted by Crippen LogP contribution is -2.40. The molecule has 27 heavy (non-hydrogen) atoms. The van der Waals surface area contributed by atoms with Crippen LogP contribution >= 0.6 is 0 Å². The molecule has 1 aliphatic heterocycles. The number of hydrazone groups is 1. The molecule has 0 aliphatic carbocycles. The molecular formula is C22H17FN2O2. The lowest BCUT2D eigenvalue weighted by Gasteiger charge is -2.21. The molecule has 0 saturated carbocycles.